The Morgan fingerprint density at radius 3 is 2.39 bits per heavy atom. The number of hydrogen-bond donors (Lipinski definition) is 1. The van der Waals surface area contributed by atoms with E-state index in [0.717, 1.165) is 19.0 Å². The molecule has 1 N–H and O–H groups in total. The van der Waals surface area contributed by atoms with E-state index >= 15 is 0 Å². The van der Waals surface area contributed by atoms with E-state index < -0.39 is 0 Å². The van der Waals surface area contributed by atoms with Gasteiger partial charge >= 0.3 is 0 Å². The Kier molecular flexibility index (Phi) is 5.05. The molecule has 0 amide bonds. The van der Waals surface area contributed by atoms with E-state index in [9.17, 15) is 0 Å². The van der Waals surface area contributed by atoms with Crippen LogP contribution in [0.25, 0.3) is 0 Å². The average molecular weight is 253 g/mol. The summed E-state index contributed by atoms with van der Waals surface area (Å²) in [6.45, 7) is 15.6. The molecule has 0 spiro atoms. The minimum absolute atomic E-state index is 0.321. The minimum Gasteiger partial charge on any atom is -0.314 e. The van der Waals surface area contributed by atoms with E-state index in [4.69, 9.17) is 0 Å². The number of rotatable bonds is 6. The maximum atomic E-state index is 3.45. The van der Waals surface area contributed by atoms with Gasteiger partial charge in [-0.15, -0.1) is 0 Å². The molecule has 3 heteroatoms. The van der Waals surface area contributed by atoms with Crippen LogP contribution in [0, 0.1) is 5.92 Å². The van der Waals surface area contributed by atoms with Gasteiger partial charge in [-0.2, -0.15) is 0 Å². The highest BCUT2D eigenvalue weighted by Gasteiger charge is 2.30. The summed E-state index contributed by atoms with van der Waals surface area (Å²) in [6, 6.07) is 0. The number of nitrogens with zero attached hydrogens (tertiary/aromatic N) is 2. The third-order valence-electron chi connectivity index (χ3n) is 4.77. The Bertz CT molecular complexity index is 242. The first kappa shape index (κ1) is 14.3. The Morgan fingerprint density at radius 1 is 1.22 bits per heavy atom. The molecule has 106 valence electrons. The second-order valence-electron chi connectivity index (χ2n) is 6.67. The van der Waals surface area contributed by atoms with Crippen LogP contribution in [0.1, 0.15) is 40.0 Å². The highest BCUT2D eigenvalue weighted by Crippen LogP contribution is 2.28. The molecule has 0 aromatic heterocycles. The van der Waals surface area contributed by atoms with E-state index in [0.29, 0.717) is 5.54 Å². The molecular formula is C15H31N3. The van der Waals surface area contributed by atoms with Crippen molar-refractivity contribution >= 4 is 0 Å². The Balaban J connectivity index is 1.83. The summed E-state index contributed by atoms with van der Waals surface area (Å²) in [6.07, 6.45) is 4.39. The van der Waals surface area contributed by atoms with E-state index in [1.807, 2.05) is 0 Å². The van der Waals surface area contributed by atoms with Crippen LogP contribution in [-0.4, -0.2) is 61.2 Å². The number of likely N-dealkylation sites (N-methyl/N-ethyl adjacent to an activating group) is 1. The fourth-order valence-electron chi connectivity index (χ4n) is 3.26. The normalized spacial score (nSPS) is 23.3. The number of nitrogens with one attached hydrogen (secondary N) is 1. The van der Waals surface area contributed by atoms with Crippen molar-refractivity contribution in [3.8, 4) is 0 Å². The predicted octanol–water partition coefficient (Wildman–Crippen LogP) is 1.79. The van der Waals surface area contributed by atoms with Crippen molar-refractivity contribution in [2.45, 2.75) is 45.6 Å². The third-order valence-corrected chi connectivity index (χ3v) is 4.77. The summed E-state index contributed by atoms with van der Waals surface area (Å²) in [5, 5.41) is 3.45. The van der Waals surface area contributed by atoms with Crippen molar-refractivity contribution < 1.29 is 0 Å². The van der Waals surface area contributed by atoms with Crippen LogP contribution < -0.4 is 5.32 Å². The van der Waals surface area contributed by atoms with E-state index in [-0.39, 0.29) is 0 Å². The topological polar surface area (TPSA) is 18.5 Å². The Labute approximate surface area is 113 Å². The van der Waals surface area contributed by atoms with Gasteiger partial charge in [0, 0.05) is 44.8 Å². The summed E-state index contributed by atoms with van der Waals surface area (Å²) in [5.74, 6) is 0.990. The largest absolute Gasteiger partial charge is 0.314 e. The van der Waals surface area contributed by atoms with Gasteiger partial charge < -0.3 is 10.2 Å². The highest BCUT2D eigenvalue weighted by molar-refractivity contribution is 4.88. The van der Waals surface area contributed by atoms with Crippen molar-refractivity contribution in [3.05, 3.63) is 0 Å². The van der Waals surface area contributed by atoms with Gasteiger partial charge in [-0.1, -0.05) is 13.3 Å². The molecule has 0 atom stereocenters. The van der Waals surface area contributed by atoms with Gasteiger partial charge in [-0.05, 0) is 39.2 Å². The summed E-state index contributed by atoms with van der Waals surface area (Å²) in [4.78, 5) is 5.33. The molecule has 3 nitrogen and oxygen atoms in total. The van der Waals surface area contributed by atoms with E-state index in [1.54, 1.807) is 0 Å². The molecule has 2 fully saturated rings. The van der Waals surface area contributed by atoms with E-state index in [2.05, 4.69) is 35.9 Å². The first-order chi connectivity index (χ1) is 8.62. The predicted molar refractivity (Wildman–Crippen MR) is 78.0 cm³/mol. The summed E-state index contributed by atoms with van der Waals surface area (Å²) < 4.78 is 0. The molecule has 1 saturated carbocycles. The molecule has 1 saturated heterocycles. The quantitative estimate of drug-likeness (QED) is 0.778. The van der Waals surface area contributed by atoms with Gasteiger partial charge in [0.2, 0.25) is 0 Å². The maximum absolute atomic E-state index is 3.45. The minimum atomic E-state index is 0.321. The average Bonchev–Trinajstić information content (AvgIpc) is 2.33. The van der Waals surface area contributed by atoms with Gasteiger partial charge in [0.25, 0.3) is 0 Å². The lowest BCUT2D eigenvalue weighted by atomic mass is 9.85. The second-order valence-corrected chi connectivity index (χ2v) is 6.67. The van der Waals surface area contributed by atoms with Crippen molar-refractivity contribution in [2.24, 2.45) is 5.92 Å². The molecule has 0 bridgehead atoms. The fraction of sp³-hybridized carbons (Fsp3) is 1.00. The molecule has 1 aliphatic heterocycles. The molecule has 18 heavy (non-hydrogen) atoms. The first-order valence-corrected chi connectivity index (χ1v) is 7.80. The van der Waals surface area contributed by atoms with Crippen molar-refractivity contribution in [2.75, 3.05) is 45.8 Å². The van der Waals surface area contributed by atoms with Gasteiger partial charge in [-0.25, -0.2) is 0 Å². The maximum Gasteiger partial charge on any atom is 0.0281 e. The van der Waals surface area contributed by atoms with Crippen LogP contribution in [0.5, 0.6) is 0 Å². The molecule has 0 aromatic carbocycles. The van der Waals surface area contributed by atoms with Crippen LogP contribution >= 0.6 is 0 Å². The smallest absolute Gasteiger partial charge is 0.0281 e. The van der Waals surface area contributed by atoms with Crippen LogP contribution in [0.3, 0.4) is 0 Å². The van der Waals surface area contributed by atoms with Crippen molar-refractivity contribution in [1.82, 2.24) is 15.1 Å². The number of piperazine rings is 1. The van der Waals surface area contributed by atoms with Gasteiger partial charge in [0.05, 0.1) is 0 Å². The third kappa shape index (κ3) is 3.69. The molecule has 1 aliphatic carbocycles. The zero-order chi connectivity index (χ0) is 13.0. The molecule has 0 aromatic rings. The highest BCUT2D eigenvalue weighted by atomic mass is 15.3. The summed E-state index contributed by atoms with van der Waals surface area (Å²) in [5.41, 5.74) is 0.321. The SMILES string of the molecule is CCN(CC1CCC1)CC(C)(C)N1CCNCC1. The molecule has 2 rings (SSSR count). The molecule has 2 aliphatic rings. The Morgan fingerprint density at radius 2 is 1.89 bits per heavy atom. The van der Waals surface area contributed by atoms with Gasteiger partial charge in [0.15, 0.2) is 0 Å². The fourth-order valence-corrected chi connectivity index (χ4v) is 3.26. The van der Waals surface area contributed by atoms with E-state index in [1.165, 1.54) is 52.0 Å². The summed E-state index contributed by atoms with van der Waals surface area (Å²) in [7, 11) is 0. The summed E-state index contributed by atoms with van der Waals surface area (Å²) >= 11 is 0. The monoisotopic (exact) mass is 253 g/mol. The molecule has 1 heterocycles. The standard InChI is InChI=1S/C15H31N3/c1-4-17(12-14-6-5-7-14)13-15(2,3)18-10-8-16-9-11-18/h14,16H,4-13H2,1-3H3. The molecule has 0 unspecified atom stereocenters. The van der Waals surface area contributed by atoms with Crippen LogP contribution in [0.4, 0.5) is 0 Å². The first-order valence-electron chi connectivity index (χ1n) is 7.80. The van der Waals surface area contributed by atoms with Gasteiger partial charge in [0.1, 0.15) is 0 Å². The van der Waals surface area contributed by atoms with Crippen LogP contribution in [0.15, 0.2) is 0 Å². The zero-order valence-corrected chi connectivity index (χ0v) is 12.5. The van der Waals surface area contributed by atoms with Gasteiger partial charge in [-0.3, -0.25) is 4.90 Å². The second kappa shape index (κ2) is 6.36. The van der Waals surface area contributed by atoms with Crippen molar-refractivity contribution in [3.63, 3.8) is 0 Å². The molecular weight excluding hydrogens is 222 g/mol. The lowest BCUT2D eigenvalue weighted by molar-refractivity contribution is 0.0535. The number of hydrogen-bond acceptors (Lipinski definition) is 3. The molecule has 0 radical (unpaired) electrons. The lowest BCUT2D eigenvalue weighted by Crippen LogP contribution is -2.58. The van der Waals surface area contributed by atoms with Crippen molar-refractivity contribution in [1.29, 1.82) is 0 Å². The van der Waals surface area contributed by atoms with Crippen LogP contribution in [-0.2, 0) is 0 Å². The lowest BCUT2D eigenvalue weighted by Gasteiger charge is -2.44. The van der Waals surface area contributed by atoms with Crippen LogP contribution in [0.2, 0.25) is 0 Å². The Hall–Kier alpha value is -0.120. The zero-order valence-electron chi connectivity index (χ0n) is 12.5.